The molecule has 112 valence electrons. The van der Waals surface area contributed by atoms with Gasteiger partial charge in [0.25, 0.3) is 0 Å². The number of hydrogen-bond acceptors (Lipinski definition) is 3. The Morgan fingerprint density at radius 3 is 2.90 bits per heavy atom. The lowest BCUT2D eigenvalue weighted by atomic mass is 9.83. The molecule has 1 atom stereocenters. The molecule has 0 fully saturated rings. The minimum absolute atomic E-state index is 0.154. The second kappa shape index (κ2) is 5.90. The number of aryl methyl sites for hydroxylation is 1. The maximum Gasteiger partial charge on any atom is 0.100 e. The molecule has 3 rings (SSSR count). The second-order valence-electron chi connectivity index (χ2n) is 6.91. The first-order valence-electron chi connectivity index (χ1n) is 7.80. The number of benzene rings is 1. The van der Waals surface area contributed by atoms with Crippen molar-refractivity contribution in [2.45, 2.75) is 58.0 Å². The highest BCUT2D eigenvalue weighted by Crippen LogP contribution is 2.38. The number of rotatable bonds is 3. The van der Waals surface area contributed by atoms with Crippen LogP contribution in [0.2, 0.25) is 0 Å². The van der Waals surface area contributed by atoms with Crippen molar-refractivity contribution in [2.75, 3.05) is 0 Å². The van der Waals surface area contributed by atoms with Crippen LogP contribution in [0.5, 0.6) is 0 Å². The van der Waals surface area contributed by atoms with Crippen LogP contribution in [0.3, 0.4) is 0 Å². The smallest absolute Gasteiger partial charge is 0.100 e. The monoisotopic (exact) mass is 300 g/mol. The van der Waals surface area contributed by atoms with Gasteiger partial charge in [0.2, 0.25) is 0 Å². The zero-order valence-corrected chi connectivity index (χ0v) is 14.0. The van der Waals surface area contributed by atoms with E-state index in [0.717, 1.165) is 6.54 Å². The van der Waals surface area contributed by atoms with Gasteiger partial charge in [0.1, 0.15) is 5.01 Å². The molecule has 2 aromatic rings. The van der Waals surface area contributed by atoms with E-state index in [1.807, 2.05) is 11.3 Å². The summed E-state index contributed by atoms with van der Waals surface area (Å²) >= 11 is 1.87. The third-order valence-electron chi connectivity index (χ3n) is 4.03. The van der Waals surface area contributed by atoms with E-state index < -0.39 is 0 Å². The van der Waals surface area contributed by atoms with Crippen LogP contribution in [0.25, 0.3) is 0 Å². The van der Waals surface area contributed by atoms with Gasteiger partial charge in [0.15, 0.2) is 0 Å². The number of fused-ring (bicyclic) bond motifs is 1. The lowest BCUT2D eigenvalue weighted by molar-refractivity contribution is 0.426. The molecule has 21 heavy (non-hydrogen) atoms. The van der Waals surface area contributed by atoms with Gasteiger partial charge in [-0.05, 0) is 51.2 Å². The zero-order chi connectivity index (χ0) is 14.9. The van der Waals surface area contributed by atoms with Gasteiger partial charge in [-0.25, -0.2) is 4.98 Å². The van der Waals surface area contributed by atoms with Crippen molar-refractivity contribution in [2.24, 2.45) is 0 Å². The molecule has 2 nitrogen and oxygen atoms in total. The normalized spacial score (nSPS) is 18.5. The van der Waals surface area contributed by atoms with Crippen LogP contribution in [0, 0.1) is 0 Å². The van der Waals surface area contributed by atoms with Gasteiger partial charge >= 0.3 is 0 Å². The molecule has 3 heteroatoms. The average Bonchev–Trinajstić information content (AvgIpc) is 2.92. The average molecular weight is 300 g/mol. The topological polar surface area (TPSA) is 24.9 Å². The van der Waals surface area contributed by atoms with Gasteiger partial charge in [-0.2, -0.15) is 0 Å². The summed E-state index contributed by atoms with van der Waals surface area (Å²) in [6.45, 7) is 7.51. The van der Waals surface area contributed by atoms with E-state index in [-0.39, 0.29) is 5.54 Å². The van der Waals surface area contributed by atoms with Gasteiger partial charge < -0.3 is 5.32 Å². The van der Waals surface area contributed by atoms with Crippen molar-refractivity contribution in [3.05, 3.63) is 51.5 Å². The molecule has 1 aromatic heterocycles. The third-order valence-corrected chi connectivity index (χ3v) is 5.14. The Bertz CT molecular complexity index is 610. The second-order valence-corrected chi connectivity index (χ2v) is 8.06. The van der Waals surface area contributed by atoms with Crippen molar-refractivity contribution >= 4 is 11.3 Å². The van der Waals surface area contributed by atoms with E-state index in [4.69, 9.17) is 4.98 Å². The summed E-state index contributed by atoms with van der Waals surface area (Å²) in [5.41, 5.74) is 3.16. The number of thiazole rings is 1. The molecule has 1 N–H and O–H groups in total. The fraction of sp³-hybridized carbons (Fsp3) is 0.500. The summed E-state index contributed by atoms with van der Waals surface area (Å²) in [6, 6.07) is 8.87. The van der Waals surface area contributed by atoms with E-state index in [2.05, 4.69) is 56.6 Å². The Morgan fingerprint density at radius 2 is 2.10 bits per heavy atom. The highest BCUT2D eigenvalue weighted by Gasteiger charge is 2.24. The number of nitrogens with one attached hydrogen (secondary N) is 1. The Balaban J connectivity index is 1.78. The van der Waals surface area contributed by atoms with E-state index in [0.29, 0.717) is 5.92 Å². The first-order valence-corrected chi connectivity index (χ1v) is 8.62. The predicted molar refractivity (Wildman–Crippen MR) is 89.9 cm³/mol. The maximum absolute atomic E-state index is 4.72. The molecule has 1 aromatic carbocycles. The van der Waals surface area contributed by atoms with Gasteiger partial charge in [-0.1, -0.05) is 24.3 Å². The van der Waals surface area contributed by atoms with Crippen molar-refractivity contribution in [1.29, 1.82) is 0 Å². The number of aromatic nitrogens is 1. The Hall–Kier alpha value is -1.19. The number of nitrogens with zero attached hydrogens (tertiary/aromatic N) is 1. The van der Waals surface area contributed by atoms with Crippen molar-refractivity contribution in [3.8, 4) is 0 Å². The minimum atomic E-state index is 0.154. The Kier molecular flexibility index (Phi) is 4.14. The molecule has 0 radical (unpaired) electrons. The molecule has 0 spiro atoms. The summed E-state index contributed by atoms with van der Waals surface area (Å²) in [4.78, 5) is 6.05. The first-order chi connectivity index (χ1) is 10.0. The van der Waals surface area contributed by atoms with Crippen LogP contribution in [-0.2, 0) is 13.0 Å². The predicted octanol–water partition coefficient (Wildman–Crippen LogP) is 4.50. The molecular formula is C18H24N2S. The van der Waals surface area contributed by atoms with E-state index in [1.165, 1.54) is 40.3 Å². The van der Waals surface area contributed by atoms with Crippen LogP contribution in [0.4, 0.5) is 0 Å². The summed E-state index contributed by atoms with van der Waals surface area (Å²) in [7, 11) is 0. The molecule has 1 aliphatic carbocycles. The summed E-state index contributed by atoms with van der Waals surface area (Å²) in [6.07, 6.45) is 5.78. The molecule has 0 amide bonds. The van der Waals surface area contributed by atoms with Crippen LogP contribution in [0.15, 0.2) is 30.5 Å². The lowest BCUT2D eigenvalue weighted by Crippen LogP contribution is -2.34. The van der Waals surface area contributed by atoms with Crippen LogP contribution >= 0.6 is 11.3 Å². The van der Waals surface area contributed by atoms with E-state index >= 15 is 0 Å². The van der Waals surface area contributed by atoms with Gasteiger partial charge in [-0.15, -0.1) is 11.3 Å². The largest absolute Gasteiger partial charge is 0.307 e. The SMILES string of the molecule is CC(C)(C)NCc1cnc(C2CCCc3ccccc32)s1. The summed E-state index contributed by atoms with van der Waals surface area (Å²) in [5, 5.41) is 4.83. The molecule has 0 aliphatic heterocycles. The standard InChI is InChI=1S/C18H24N2S/c1-18(2,3)20-12-14-11-19-17(21-14)16-10-6-8-13-7-4-5-9-15(13)16/h4-5,7,9,11,16,20H,6,8,10,12H2,1-3H3. The molecule has 0 saturated heterocycles. The van der Waals surface area contributed by atoms with Gasteiger partial charge in [-0.3, -0.25) is 0 Å². The van der Waals surface area contributed by atoms with Crippen molar-refractivity contribution in [3.63, 3.8) is 0 Å². The van der Waals surface area contributed by atoms with Gasteiger partial charge in [0.05, 0.1) is 0 Å². The maximum atomic E-state index is 4.72. The fourth-order valence-electron chi connectivity index (χ4n) is 2.93. The minimum Gasteiger partial charge on any atom is -0.307 e. The summed E-state index contributed by atoms with van der Waals surface area (Å²) < 4.78 is 0. The highest BCUT2D eigenvalue weighted by molar-refractivity contribution is 7.11. The van der Waals surface area contributed by atoms with E-state index in [1.54, 1.807) is 0 Å². The lowest BCUT2D eigenvalue weighted by Gasteiger charge is -2.23. The fourth-order valence-corrected chi connectivity index (χ4v) is 3.94. The zero-order valence-electron chi connectivity index (χ0n) is 13.1. The molecular weight excluding hydrogens is 276 g/mol. The van der Waals surface area contributed by atoms with Crippen LogP contribution < -0.4 is 5.32 Å². The van der Waals surface area contributed by atoms with Crippen molar-refractivity contribution in [1.82, 2.24) is 10.3 Å². The Morgan fingerprint density at radius 1 is 1.29 bits per heavy atom. The molecule has 1 unspecified atom stereocenters. The first kappa shape index (κ1) is 14.7. The quantitative estimate of drug-likeness (QED) is 0.903. The van der Waals surface area contributed by atoms with Crippen LogP contribution in [0.1, 0.15) is 60.5 Å². The molecule has 0 saturated carbocycles. The number of hydrogen-bond donors (Lipinski definition) is 1. The van der Waals surface area contributed by atoms with Gasteiger partial charge in [0, 0.05) is 29.1 Å². The molecule has 0 bridgehead atoms. The Labute approximate surface area is 131 Å². The van der Waals surface area contributed by atoms with Crippen LogP contribution in [-0.4, -0.2) is 10.5 Å². The third kappa shape index (κ3) is 3.53. The molecule has 1 heterocycles. The van der Waals surface area contributed by atoms with Crippen molar-refractivity contribution < 1.29 is 0 Å². The van der Waals surface area contributed by atoms with E-state index in [9.17, 15) is 0 Å². The highest BCUT2D eigenvalue weighted by atomic mass is 32.1. The summed E-state index contributed by atoms with van der Waals surface area (Å²) in [5.74, 6) is 0.503. The molecule has 1 aliphatic rings.